The first kappa shape index (κ1) is 14.3. The summed E-state index contributed by atoms with van der Waals surface area (Å²) in [5.41, 5.74) is -0.828. The summed E-state index contributed by atoms with van der Waals surface area (Å²) in [4.78, 5) is 13.1. The van der Waals surface area contributed by atoms with Gasteiger partial charge in [0.1, 0.15) is 0 Å². The van der Waals surface area contributed by atoms with E-state index in [2.05, 4.69) is 10.6 Å². The van der Waals surface area contributed by atoms with E-state index in [1.54, 1.807) is 20.9 Å². The van der Waals surface area contributed by atoms with Gasteiger partial charge in [-0.3, -0.25) is 4.79 Å². The smallest absolute Gasteiger partial charge is 0.236 e. The van der Waals surface area contributed by atoms with Gasteiger partial charge in [0.05, 0.1) is 11.6 Å². The summed E-state index contributed by atoms with van der Waals surface area (Å²) >= 11 is 0. The predicted octanol–water partition coefficient (Wildman–Crippen LogP) is -0.977. The zero-order chi connectivity index (χ0) is 12.1. The quantitative estimate of drug-likeness (QED) is 0.535. The van der Waals surface area contributed by atoms with Crippen molar-refractivity contribution >= 4 is 5.91 Å². The second-order valence-corrected chi connectivity index (χ2v) is 4.45. The molecular weight excluding hydrogens is 194 g/mol. The van der Waals surface area contributed by atoms with E-state index in [0.717, 1.165) is 0 Å². The maximum Gasteiger partial charge on any atom is 0.236 e. The number of nitrogens with one attached hydrogen (secondary N) is 2. The molecule has 0 aromatic carbocycles. The molecule has 0 heterocycles. The fourth-order valence-corrected chi connectivity index (χ4v) is 1.42. The van der Waals surface area contributed by atoms with Crippen molar-refractivity contribution in [3.8, 4) is 0 Å². The molecule has 0 aliphatic rings. The average molecular weight is 217 g/mol. The van der Waals surface area contributed by atoms with E-state index >= 15 is 0 Å². The highest BCUT2D eigenvalue weighted by Crippen LogP contribution is 2.02. The summed E-state index contributed by atoms with van der Waals surface area (Å²) in [6, 6.07) is -0.288. The Hall–Kier alpha value is -0.650. The van der Waals surface area contributed by atoms with Crippen molar-refractivity contribution in [2.75, 3.05) is 34.2 Å². The van der Waals surface area contributed by atoms with Crippen LogP contribution < -0.4 is 10.6 Å². The molecule has 3 N–H and O–H groups in total. The van der Waals surface area contributed by atoms with Crippen LogP contribution in [0, 0.1) is 0 Å². The van der Waals surface area contributed by atoms with Crippen LogP contribution >= 0.6 is 0 Å². The minimum absolute atomic E-state index is 0.0735. The molecule has 5 nitrogen and oxygen atoms in total. The van der Waals surface area contributed by atoms with Gasteiger partial charge >= 0.3 is 0 Å². The largest absolute Gasteiger partial charge is 0.388 e. The highest BCUT2D eigenvalue weighted by Gasteiger charge is 2.23. The number of rotatable bonds is 6. The molecule has 0 saturated heterocycles. The molecule has 0 aliphatic heterocycles. The summed E-state index contributed by atoms with van der Waals surface area (Å²) in [5.74, 6) is -0.0735. The van der Waals surface area contributed by atoms with Crippen LogP contribution in [0.5, 0.6) is 0 Å². The maximum atomic E-state index is 11.2. The highest BCUT2D eigenvalue weighted by atomic mass is 16.3. The number of amides is 1. The second-order valence-electron chi connectivity index (χ2n) is 4.45. The zero-order valence-corrected chi connectivity index (χ0v) is 10.3. The van der Waals surface area contributed by atoms with E-state index in [-0.39, 0.29) is 11.9 Å². The molecule has 15 heavy (non-hydrogen) atoms. The number of hydrogen-bond donors (Lipinski definition) is 3. The molecule has 0 fully saturated rings. The van der Waals surface area contributed by atoms with E-state index in [4.69, 9.17) is 0 Å². The van der Waals surface area contributed by atoms with Crippen molar-refractivity contribution < 1.29 is 9.90 Å². The highest BCUT2D eigenvalue weighted by molar-refractivity contribution is 5.80. The summed E-state index contributed by atoms with van der Waals surface area (Å²) in [6.45, 7) is 4.46. The maximum absolute atomic E-state index is 11.2. The summed E-state index contributed by atoms with van der Waals surface area (Å²) in [7, 11) is 5.39. The molecule has 0 bridgehead atoms. The van der Waals surface area contributed by atoms with Crippen LogP contribution in [0.15, 0.2) is 0 Å². The summed E-state index contributed by atoms with van der Waals surface area (Å²) < 4.78 is 0. The number of carbonyl (C=O) groups excluding carboxylic acids is 1. The van der Waals surface area contributed by atoms with Crippen molar-refractivity contribution in [1.82, 2.24) is 15.5 Å². The fraction of sp³-hybridized carbons (Fsp3) is 0.900. The Bertz CT molecular complexity index is 205. The van der Waals surface area contributed by atoms with E-state index in [1.165, 1.54) is 0 Å². The van der Waals surface area contributed by atoms with Gasteiger partial charge in [-0.2, -0.15) is 0 Å². The van der Waals surface area contributed by atoms with Crippen molar-refractivity contribution in [2.45, 2.75) is 25.5 Å². The molecule has 2 atom stereocenters. The van der Waals surface area contributed by atoms with Gasteiger partial charge in [-0.05, 0) is 27.9 Å². The van der Waals surface area contributed by atoms with Crippen LogP contribution in [0.1, 0.15) is 13.8 Å². The van der Waals surface area contributed by atoms with Crippen LogP contribution in [0.4, 0.5) is 0 Å². The van der Waals surface area contributed by atoms with Crippen LogP contribution in [-0.2, 0) is 4.79 Å². The van der Waals surface area contributed by atoms with Crippen molar-refractivity contribution in [2.24, 2.45) is 0 Å². The van der Waals surface area contributed by atoms with Crippen molar-refractivity contribution in [1.29, 1.82) is 0 Å². The average Bonchev–Trinajstić information content (AvgIpc) is 2.11. The third-order valence-corrected chi connectivity index (χ3v) is 2.09. The predicted molar refractivity (Wildman–Crippen MR) is 60.7 cm³/mol. The van der Waals surface area contributed by atoms with Gasteiger partial charge in [0.15, 0.2) is 0 Å². The lowest BCUT2D eigenvalue weighted by Gasteiger charge is -2.28. The van der Waals surface area contributed by atoms with E-state index in [1.807, 2.05) is 19.0 Å². The van der Waals surface area contributed by atoms with Gasteiger partial charge in [-0.25, -0.2) is 0 Å². The molecule has 1 amide bonds. The topological polar surface area (TPSA) is 64.6 Å². The first-order valence-electron chi connectivity index (χ1n) is 5.10. The van der Waals surface area contributed by atoms with Crippen LogP contribution in [0.2, 0.25) is 0 Å². The third-order valence-electron chi connectivity index (χ3n) is 2.09. The molecule has 0 aromatic heterocycles. The molecule has 0 spiro atoms. The van der Waals surface area contributed by atoms with Gasteiger partial charge in [-0.1, -0.05) is 0 Å². The Morgan fingerprint density at radius 2 is 2.07 bits per heavy atom. The van der Waals surface area contributed by atoms with Crippen LogP contribution in [0.25, 0.3) is 0 Å². The number of likely N-dealkylation sites (N-methyl/N-ethyl adjacent to an activating group) is 2. The van der Waals surface area contributed by atoms with E-state index < -0.39 is 5.60 Å². The first-order chi connectivity index (χ1) is 6.78. The normalized spacial score (nSPS) is 17.3. The summed E-state index contributed by atoms with van der Waals surface area (Å²) in [5, 5.41) is 15.5. The Morgan fingerprint density at radius 1 is 1.53 bits per heavy atom. The van der Waals surface area contributed by atoms with E-state index in [9.17, 15) is 9.90 Å². The van der Waals surface area contributed by atoms with Gasteiger partial charge < -0.3 is 20.6 Å². The molecule has 0 aromatic rings. The molecular formula is C10H23N3O2. The number of hydrogen-bond acceptors (Lipinski definition) is 4. The van der Waals surface area contributed by atoms with Crippen molar-refractivity contribution in [3.05, 3.63) is 0 Å². The number of carbonyl (C=O) groups is 1. The SMILES string of the molecule is CNC(=O)C(C)NCC(C)(O)CN(C)C. The monoisotopic (exact) mass is 217 g/mol. The third kappa shape index (κ3) is 6.43. The Kier molecular flexibility index (Phi) is 5.79. The lowest BCUT2D eigenvalue weighted by molar-refractivity contribution is -0.122. The molecule has 0 saturated carbocycles. The lowest BCUT2D eigenvalue weighted by atomic mass is 10.1. The van der Waals surface area contributed by atoms with Crippen molar-refractivity contribution in [3.63, 3.8) is 0 Å². The minimum atomic E-state index is -0.828. The molecule has 5 heteroatoms. The first-order valence-corrected chi connectivity index (χ1v) is 5.10. The van der Waals surface area contributed by atoms with Gasteiger partial charge in [0.25, 0.3) is 0 Å². The van der Waals surface area contributed by atoms with E-state index in [0.29, 0.717) is 13.1 Å². The number of aliphatic hydroxyl groups is 1. The molecule has 0 rings (SSSR count). The molecule has 0 radical (unpaired) electrons. The van der Waals surface area contributed by atoms with Crippen LogP contribution in [0.3, 0.4) is 0 Å². The van der Waals surface area contributed by atoms with Gasteiger partial charge in [0, 0.05) is 20.1 Å². The Balaban J connectivity index is 3.97. The Morgan fingerprint density at radius 3 is 2.47 bits per heavy atom. The summed E-state index contributed by atoms with van der Waals surface area (Å²) in [6.07, 6.45) is 0. The number of nitrogens with zero attached hydrogens (tertiary/aromatic N) is 1. The lowest BCUT2D eigenvalue weighted by Crippen LogP contribution is -2.50. The van der Waals surface area contributed by atoms with Gasteiger partial charge in [-0.15, -0.1) is 0 Å². The van der Waals surface area contributed by atoms with Gasteiger partial charge in [0.2, 0.25) is 5.91 Å². The zero-order valence-electron chi connectivity index (χ0n) is 10.3. The Labute approximate surface area is 91.8 Å². The second kappa shape index (κ2) is 6.05. The molecule has 2 unspecified atom stereocenters. The minimum Gasteiger partial charge on any atom is -0.388 e. The fourth-order valence-electron chi connectivity index (χ4n) is 1.42. The standard InChI is InChI=1S/C10H23N3O2/c1-8(9(14)11-3)12-6-10(2,15)7-13(4)5/h8,12,15H,6-7H2,1-5H3,(H,11,14). The van der Waals surface area contributed by atoms with Crippen LogP contribution in [-0.4, -0.2) is 61.8 Å². The molecule has 90 valence electrons. The molecule has 0 aliphatic carbocycles.